The van der Waals surface area contributed by atoms with E-state index in [1.165, 1.54) is 0 Å². The van der Waals surface area contributed by atoms with Gasteiger partial charge in [0, 0.05) is 11.5 Å². The van der Waals surface area contributed by atoms with Crippen LogP contribution in [0.1, 0.15) is 24.2 Å². The molecule has 1 fully saturated rings. The number of nitrogens with zero attached hydrogens (tertiary/aromatic N) is 3. The molecule has 0 atom stereocenters. The molecule has 0 aliphatic heterocycles. The van der Waals surface area contributed by atoms with Gasteiger partial charge >= 0.3 is 0 Å². The minimum absolute atomic E-state index is 0.216. The number of pyridine rings is 1. The summed E-state index contributed by atoms with van der Waals surface area (Å²) in [6.45, 7) is 0.492. The molecule has 0 saturated heterocycles. The van der Waals surface area contributed by atoms with Gasteiger partial charge in [-0.05, 0) is 42.7 Å². The lowest BCUT2D eigenvalue weighted by molar-refractivity contribution is -0.119. The highest BCUT2D eigenvalue weighted by Gasteiger charge is 2.30. The number of rotatable bonds is 7. The molecule has 5 rings (SSSR count). The van der Waals surface area contributed by atoms with E-state index < -0.39 is 0 Å². The molecule has 5 heteroatoms. The maximum atomic E-state index is 12.2. The third-order valence-electron chi connectivity index (χ3n) is 5.17. The molecule has 0 spiro atoms. The molecule has 0 radical (unpaired) electrons. The molecule has 2 heterocycles. The Labute approximate surface area is 169 Å². The van der Waals surface area contributed by atoms with E-state index in [2.05, 4.69) is 10.1 Å². The number of Topliss-reactive ketones (excluding diaryl/α,β-unsaturated/α-hetero) is 1. The number of para-hydroxylation sites is 1. The van der Waals surface area contributed by atoms with Crippen LogP contribution in [-0.4, -0.2) is 20.4 Å². The minimum atomic E-state index is 0.216. The smallest absolute Gasteiger partial charge is 0.159 e. The molecular formula is C24H21N3O2. The molecule has 29 heavy (non-hydrogen) atoms. The van der Waals surface area contributed by atoms with Gasteiger partial charge in [-0.2, -0.15) is 5.10 Å². The van der Waals surface area contributed by atoms with Crippen LogP contribution in [0, 0.1) is 5.92 Å². The molecule has 2 aromatic carbocycles. The Kier molecular flexibility index (Phi) is 4.56. The number of ether oxygens (including phenoxy) is 1. The molecule has 0 N–H and O–H groups in total. The molecule has 4 aromatic rings. The van der Waals surface area contributed by atoms with Gasteiger partial charge in [0.1, 0.15) is 18.1 Å². The van der Waals surface area contributed by atoms with Gasteiger partial charge in [-0.1, -0.05) is 48.5 Å². The van der Waals surface area contributed by atoms with Crippen LogP contribution in [0.5, 0.6) is 5.75 Å². The van der Waals surface area contributed by atoms with Crippen molar-refractivity contribution in [1.82, 2.24) is 14.6 Å². The number of ketones is 1. The number of hydrogen-bond donors (Lipinski definition) is 0. The van der Waals surface area contributed by atoms with Gasteiger partial charge in [-0.25, -0.2) is 9.50 Å². The Morgan fingerprint density at radius 3 is 2.59 bits per heavy atom. The fourth-order valence-electron chi connectivity index (χ4n) is 3.47. The van der Waals surface area contributed by atoms with Gasteiger partial charge in [-0.15, -0.1) is 0 Å². The first-order chi connectivity index (χ1) is 14.3. The van der Waals surface area contributed by atoms with E-state index in [9.17, 15) is 4.79 Å². The zero-order valence-electron chi connectivity index (χ0n) is 16.0. The number of fused-ring (bicyclic) bond motifs is 1. The van der Waals surface area contributed by atoms with Crippen molar-refractivity contribution < 1.29 is 9.53 Å². The highest BCUT2D eigenvalue weighted by Crippen LogP contribution is 2.32. The first-order valence-corrected chi connectivity index (χ1v) is 9.91. The molecule has 0 unspecified atom stereocenters. The van der Waals surface area contributed by atoms with Gasteiger partial charge in [0.05, 0.1) is 12.1 Å². The quantitative estimate of drug-likeness (QED) is 0.472. The summed E-state index contributed by atoms with van der Waals surface area (Å²) in [7, 11) is 0. The summed E-state index contributed by atoms with van der Waals surface area (Å²) in [5.41, 5.74) is 3.68. The lowest BCUT2D eigenvalue weighted by Crippen LogP contribution is -2.06. The fourth-order valence-corrected chi connectivity index (χ4v) is 3.47. The monoisotopic (exact) mass is 383 g/mol. The normalized spacial score (nSPS) is 13.5. The van der Waals surface area contributed by atoms with E-state index in [-0.39, 0.29) is 11.7 Å². The topological polar surface area (TPSA) is 56.5 Å². The second-order valence-electron chi connectivity index (χ2n) is 7.40. The van der Waals surface area contributed by atoms with E-state index in [1.54, 1.807) is 4.52 Å². The lowest BCUT2D eigenvalue weighted by atomic mass is 10.1. The highest BCUT2D eigenvalue weighted by atomic mass is 16.5. The summed E-state index contributed by atoms with van der Waals surface area (Å²) in [5, 5.41) is 4.63. The summed E-state index contributed by atoms with van der Waals surface area (Å²) >= 11 is 0. The third-order valence-corrected chi connectivity index (χ3v) is 5.17. The molecule has 1 saturated carbocycles. The number of hydrogen-bond acceptors (Lipinski definition) is 4. The summed E-state index contributed by atoms with van der Waals surface area (Å²) in [6.07, 6.45) is 2.31. The Hall–Kier alpha value is -3.47. The SMILES string of the molecule is O=C(Cc1nc2cccc(-c3ccccc3OCc3ccccc3)n2n1)C1CC1. The second kappa shape index (κ2) is 7.51. The number of aromatic nitrogens is 3. The lowest BCUT2D eigenvalue weighted by Gasteiger charge is -2.12. The van der Waals surface area contributed by atoms with Gasteiger partial charge in [0.2, 0.25) is 0 Å². The number of benzene rings is 2. The van der Waals surface area contributed by atoms with Crippen molar-refractivity contribution in [3.05, 3.63) is 84.2 Å². The maximum Gasteiger partial charge on any atom is 0.159 e. The maximum absolute atomic E-state index is 12.2. The molecule has 144 valence electrons. The minimum Gasteiger partial charge on any atom is -0.488 e. The van der Waals surface area contributed by atoms with Crippen LogP contribution in [-0.2, 0) is 17.8 Å². The van der Waals surface area contributed by atoms with Crippen molar-refractivity contribution in [1.29, 1.82) is 0 Å². The number of carbonyl (C=O) groups excluding carboxylic acids is 1. The molecule has 2 aromatic heterocycles. The average Bonchev–Trinajstić information content (AvgIpc) is 3.53. The fraction of sp³-hybridized carbons (Fsp3) is 0.208. The van der Waals surface area contributed by atoms with Gasteiger partial charge in [-0.3, -0.25) is 4.79 Å². The van der Waals surface area contributed by atoms with Crippen LogP contribution in [0.3, 0.4) is 0 Å². The highest BCUT2D eigenvalue weighted by molar-refractivity contribution is 5.84. The molecule has 1 aliphatic carbocycles. The summed E-state index contributed by atoms with van der Waals surface area (Å²) in [6, 6.07) is 23.9. The average molecular weight is 383 g/mol. The first kappa shape index (κ1) is 17.6. The first-order valence-electron chi connectivity index (χ1n) is 9.91. The zero-order chi connectivity index (χ0) is 19.6. The molecule has 0 amide bonds. The predicted molar refractivity (Wildman–Crippen MR) is 111 cm³/mol. The van der Waals surface area contributed by atoms with Crippen molar-refractivity contribution in [3.8, 4) is 17.0 Å². The van der Waals surface area contributed by atoms with Crippen LogP contribution in [0.25, 0.3) is 16.9 Å². The van der Waals surface area contributed by atoms with E-state index >= 15 is 0 Å². The van der Waals surface area contributed by atoms with Gasteiger partial charge < -0.3 is 4.74 Å². The largest absolute Gasteiger partial charge is 0.488 e. The van der Waals surface area contributed by atoms with Crippen molar-refractivity contribution in [2.45, 2.75) is 25.9 Å². The molecular weight excluding hydrogens is 362 g/mol. The summed E-state index contributed by atoms with van der Waals surface area (Å²) in [4.78, 5) is 16.7. The van der Waals surface area contributed by atoms with Crippen LogP contribution < -0.4 is 4.74 Å². The van der Waals surface area contributed by atoms with E-state index in [0.717, 1.165) is 41.1 Å². The second-order valence-corrected chi connectivity index (χ2v) is 7.40. The molecule has 0 bridgehead atoms. The third kappa shape index (κ3) is 3.76. The predicted octanol–water partition coefficient (Wildman–Crippen LogP) is 4.50. The van der Waals surface area contributed by atoms with Gasteiger partial charge in [0.25, 0.3) is 0 Å². The standard InChI is InChI=1S/C24H21N3O2/c28-21(18-13-14-18)15-23-25-24-12-6-10-20(27(24)26-23)19-9-4-5-11-22(19)29-16-17-7-2-1-3-8-17/h1-12,18H,13-16H2. The Bertz CT molecular complexity index is 1160. The Balaban J connectivity index is 1.47. The van der Waals surface area contributed by atoms with Crippen LogP contribution in [0.4, 0.5) is 0 Å². The summed E-state index contributed by atoms with van der Waals surface area (Å²) in [5.74, 6) is 1.83. The van der Waals surface area contributed by atoms with E-state index in [1.807, 2.05) is 72.8 Å². The van der Waals surface area contributed by atoms with Crippen molar-refractivity contribution >= 4 is 11.4 Å². The van der Waals surface area contributed by atoms with Crippen LogP contribution in [0.15, 0.2) is 72.8 Å². The molecule has 1 aliphatic rings. The van der Waals surface area contributed by atoms with Crippen molar-refractivity contribution in [3.63, 3.8) is 0 Å². The van der Waals surface area contributed by atoms with Gasteiger partial charge in [0.15, 0.2) is 11.5 Å². The van der Waals surface area contributed by atoms with Crippen molar-refractivity contribution in [2.24, 2.45) is 5.92 Å². The number of carbonyl (C=O) groups is 1. The van der Waals surface area contributed by atoms with Crippen molar-refractivity contribution in [2.75, 3.05) is 0 Å². The molecule has 5 nitrogen and oxygen atoms in total. The van der Waals surface area contributed by atoms with E-state index in [4.69, 9.17) is 4.74 Å². The van der Waals surface area contributed by atoms with E-state index in [0.29, 0.717) is 18.9 Å². The Morgan fingerprint density at radius 2 is 1.76 bits per heavy atom. The Morgan fingerprint density at radius 1 is 0.966 bits per heavy atom. The summed E-state index contributed by atoms with van der Waals surface area (Å²) < 4.78 is 7.93. The zero-order valence-corrected chi connectivity index (χ0v) is 16.0. The van der Waals surface area contributed by atoms with Crippen LogP contribution >= 0.6 is 0 Å². The van der Waals surface area contributed by atoms with Crippen LogP contribution in [0.2, 0.25) is 0 Å².